The highest BCUT2D eigenvalue weighted by molar-refractivity contribution is 5.85. The highest BCUT2D eigenvalue weighted by Gasteiger charge is 2.21. The zero-order chi connectivity index (χ0) is 13.2. The Labute approximate surface area is 125 Å². The van der Waals surface area contributed by atoms with Gasteiger partial charge in [-0.25, -0.2) is 0 Å². The van der Waals surface area contributed by atoms with E-state index in [0.29, 0.717) is 6.54 Å². The van der Waals surface area contributed by atoms with Gasteiger partial charge in [0.15, 0.2) is 0 Å². The molecule has 0 spiro atoms. The smallest absolute Gasteiger partial charge is 0.0950 e. The second-order valence-corrected chi connectivity index (χ2v) is 4.90. The maximum Gasteiger partial charge on any atom is 0.0950 e. The number of fused-ring (bicyclic) bond motifs is 1. The zero-order valence-electron chi connectivity index (χ0n) is 11.5. The molecule has 2 aromatic rings. The molecule has 20 heavy (non-hydrogen) atoms. The summed E-state index contributed by atoms with van der Waals surface area (Å²) in [5.41, 5.74) is 11.9. The molecule has 1 aliphatic heterocycles. The Morgan fingerprint density at radius 1 is 1.35 bits per heavy atom. The van der Waals surface area contributed by atoms with Gasteiger partial charge < -0.3 is 10.5 Å². The summed E-state index contributed by atoms with van der Waals surface area (Å²) in [5.74, 6) is 0. The van der Waals surface area contributed by atoms with Crippen molar-refractivity contribution in [3.63, 3.8) is 0 Å². The number of aromatic nitrogens is 1. The molecule has 106 valence electrons. The zero-order valence-corrected chi connectivity index (χ0v) is 12.3. The fraction of sp³-hybridized carbons (Fsp3) is 0.312. The van der Waals surface area contributed by atoms with Crippen molar-refractivity contribution in [3.8, 4) is 11.1 Å². The number of hydrogen-bond donors (Lipinski definition) is 1. The van der Waals surface area contributed by atoms with E-state index in [1.165, 1.54) is 22.3 Å². The van der Waals surface area contributed by atoms with Gasteiger partial charge >= 0.3 is 0 Å². The van der Waals surface area contributed by atoms with Crippen LogP contribution in [0.4, 0.5) is 0 Å². The summed E-state index contributed by atoms with van der Waals surface area (Å²) < 4.78 is 5.73. The Hall–Kier alpha value is -1.42. The van der Waals surface area contributed by atoms with Crippen LogP contribution in [0.1, 0.15) is 22.9 Å². The highest BCUT2D eigenvalue weighted by Crippen LogP contribution is 2.34. The van der Waals surface area contributed by atoms with Crippen molar-refractivity contribution in [2.45, 2.75) is 19.4 Å². The minimum atomic E-state index is 0. The van der Waals surface area contributed by atoms with E-state index in [1.54, 1.807) is 0 Å². The van der Waals surface area contributed by atoms with Crippen LogP contribution < -0.4 is 5.73 Å². The lowest BCUT2D eigenvalue weighted by Crippen LogP contribution is -2.23. The summed E-state index contributed by atoms with van der Waals surface area (Å²) in [6.07, 6.45) is 2.85. The molecule has 0 radical (unpaired) electrons. The van der Waals surface area contributed by atoms with E-state index in [0.717, 1.165) is 18.7 Å². The molecule has 0 unspecified atom stereocenters. The number of hydrogen-bond acceptors (Lipinski definition) is 3. The molecule has 2 heterocycles. The van der Waals surface area contributed by atoms with Gasteiger partial charge in [-0.2, -0.15) is 0 Å². The molecule has 0 bridgehead atoms. The normalized spacial score (nSPS) is 17.2. The third-order valence-corrected chi connectivity index (χ3v) is 3.65. The Bertz CT molecular complexity index is 601. The van der Waals surface area contributed by atoms with Gasteiger partial charge in [0.1, 0.15) is 0 Å². The Morgan fingerprint density at radius 2 is 2.20 bits per heavy atom. The van der Waals surface area contributed by atoms with E-state index in [2.05, 4.69) is 35.3 Å². The fourth-order valence-corrected chi connectivity index (χ4v) is 2.76. The van der Waals surface area contributed by atoms with Crippen molar-refractivity contribution in [3.05, 3.63) is 53.3 Å². The molecule has 1 aliphatic rings. The molecule has 2 N–H and O–H groups in total. The molecule has 0 amide bonds. The summed E-state index contributed by atoms with van der Waals surface area (Å²) in [6, 6.07) is 10.6. The summed E-state index contributed by atoms with van der Waals surface area (Å²) in [4.78, 5) is 4.26. The standard InChI is InChI=1S/C16H18N2O.ClH/c1-11-9-12(5-7-18-11)13-3-2-4-15-14(13)6-8-19-16(15)10-17;/h2-5,7,9,16H,6,8,10,17H2,1H3;1H/t16-;/m1./s1. The number of nitrogens with zero attached hydrogens (tertiary/aromatic N) is 1. The third kappa shape index (κ3) is 2.70. The third-order valence-electron chi connectivity index (χ3n) is 3.65. The van der Waals surface area contributed by atoms with Gasteiger partial charge in [0.25, 0.3) is 0 Å². The highest BCUT2D eigenvalue weighted by atomic mass is 35.5. The van der Waals surface area contributed by atoms with Gasteiger partial charge in [-0.15, -0.1) is 12.4 Å². The molecule has 3 nitrogen and oxygen atoms in total. The summed E-state index contributed by atoms with van der Waals surface area (Å²) in [6.45, 7) is 3.30. The Kier molecular flexibility index (Phi) is 4.76. The van der Waals surface area contributed by atoms with E-state index in [4.69, 9.17) is 10.5 Å². The molecule has 4 heteroatoms. The van der Waals surface area contributed by atoms with Crippen molar-refractivity contribution in [2.75, 3.05) is 13.2 Å². The first-order valence-electron chi connectivity index (χ1n) is 6.66. The van der Waals surface area contributed by atoms with Crippen LogP contribution in [0.2, 0.25) is 0 Å². The summed E-state index contributed by atoms with van der Waals surface area (Å²) in [5, 5.41) is 0. The number of aryl methyl sites for hydroxylation is 1. The maximum absolute atomic E-state index is 5.80. The summed E-state index contributed by atoms with van der Waals surface area (Å²) in [7, 11) is 0. The van der Waals surface area contributed by atoms with Crippen LogP contribution in [-0.4, -0.2) is 18.1 Å². The molecule has 0 fully saturated rings. The van der Waals surface area contributed by atoms with Crippen LogP contribution in [0.5, 0.6) is 0 Å². The van der Waals surface area contributed by atoms with E-state index < -0.39 is 0 Å². The Morgan fingerprint density at radius 3 is 2.95 bits per heavy atom. The average Bonchev–Trinajstić information content (AvgIpc) is 2.46. The number of benzene rings is 1. The van der Waals surface area contributed by atoms with Gasteiger partial charge in [0.05, 0.1) is 12.7 Å². The molecule has 0 saturated heterocycles. The molecule has 1 atom stereocenters. The van der Waals surface area contributed by atoms with Crippen LogP contribution in [0.15, 0.2) is 36.5 Å². The molecule has 1 aromatic heterocycles. The lowest BCUT2D eigenvalue weighted by atomic mass is 9.90. The lowest BCUT2D eigenvalue weighted by molar-refractivity contribution is 0.0486. The first kappa shape index (κ1) is 15.0. The van der Waals surface area contributed by atoms with E-state index in [9.17, 15) is 0 Å². The minimum absolute atomic E-state index is 0. The van der Waals surface area contributed by atoms with Crippen molar-refractivity contribution in [2.24, 2.45) is 5.73 Å². The molecule has 0 saturated carbocycles. The second-order valence-electron chi connectivity index (χ2n) is 4.90. The topological polar surface area (TPSA) is 48.1 Å². The summed E-state index contributed by atoms with van der Waals surface area (Å²) >= 11 is 0. The monoisotopic (exact) mass is 290 g/mol. The second kappa shape index (κ2) is 6.35. The predicted molar refractivity (Wildman–Crippen MR) is 83.1 cm³/mol. The number of ether oxygens (including phenoxy) is 1. The van der Waals surface area contributed by atoms with Crippen molar-refractivity contribution in [1.29, 1.82) is 0 Å². The first-order chi connectivity index (χ1) is 9.29. The fourth-order valence-electron chi connectivity index (χ4n) is 2.76. The average molecular weight is 291 g/mol. The van der Waals surface area contributed by atoms with Crippen molar-refractivity contribution >= 4 is 12.4 Å². The van der Waals surface area contributed by atoms with Crippen molar-refractivity contribution < 1.29 is 4.74 Å². The largest absolute Gasteiger partial charge is 0.372 e. The van der Waals surface area contributed by atoms with Gasteiger partial charge in [-0.3, -0.25) is 4.98 Å². The molecule has 3 rings (SSSR count). The van der Waals surface area contributed by atoms with Crippen LogP contribution in [0.3, 0.4) is 0 Å². The van der Waals surface area contributed by atoms with E-state index in [-0.39, 0.29) is 18.5 Å². The maximum atomic E-state index is 5.80. The van der Waals surface area contributed by atoms with Gasteiger partial charge in [0, 0.05) is 18.4 Å². The first-order valence-corrected chi connectivity index (χ1v) is 6.66. The van der Waals surface area contributed by atoms with Crippen LogP contribution in [-0.2, 0) is 11.2 Å². The van der Waals surface area contributed by atoms with E-state index >= 15 is 0 Å². The van der Waals surface area contributed by atoms with Crippen LogP contribution in [0.25, 0.3) is 11.1 Å². The lowest BCUT2D eigenvalue weighted by Gasteiger charge is -2.27. The number of nitrogens with two attached hydrogens (primary N) is 1. The minimum Gasteiger partial charge on any atom is -0.372 e. The van der Waals surface area contributed by atoms with E-state index in [1.807, 2.05) is 13.1 Å². The molecular formula is C16H19ClN2O. The SMILES string of the molecule is Cc1cc(-c2cccc3c2CCO[C@@H]3CN)ccn1.Cl. The number of pyridine rings is 1. The van der Waals surface area contributed by atoms with Crippen molar-refractivity contribution in [1.82, 2.24) is 4.98 Å². The molecule has 0 aliphatic carbocycles. The number of halogens is 1. The predicted octanol–water partition coefficient (Wildman–Crippen LogP) is 3.05. The quantitative estimate of drug-likeness (QED) is 0.925. The number of rotatable bonds is 2. The van der Waals surface area contributed by atoms with Crippen LogP contribution in [0, 0.1) is 6.92 Å². The Balaban J connectivity index is 0.00000147. The van der Waals surface area contributed by atoms with Crippen LogP contribution >= 0.6 is 12.4 Å². The van der Waals surface area contributed by atoms with Gasteiger partial charge in [-0.05, 0) is 47.7 Å². The molecule has 1 aromatic carbocycles. The van der Waals surface area contributed by atoms with Gasteiger partial charge in [-0.1, -0.05) is 18.2 Å². The molecular weight excluding hydrogens is 272 g/mol. The van der Waals surface area contributed by atoms with Gasteiger partial charge in [0.2, 0.25) is 0 Å².